The molecule has 0 saturated heterocycles. The maximum atomic E-state index is 13.2. The van der Waals surface area contributed by atoms with Crippen molar-refractivity contribution in [2.24, 2.45) is 0 Å². The van der Waals surface area contributed by atoms with Gasteiger partial charge in [-0.2, -0.15) is 0 Å². The summed E-state index contributed by atoms with van der Waals surface area (Å²) in [6.07, 6.45) is 0. The maximum absolute atomic E-state index is 13.2. The van der Waals surface area contributed by atoms with Gasteiger partial charge in [0.05, 0.1) is 14.2 Å². The molecule has 0 radical (unpaired) electrons. The van der Waals surface area contributed by atoms with Crippen molar-refractivity contribution in [3.63, 3.8) is 0 Å². The van der Waals surface area contributed by atoms with E-state index >= 15 is 0 Å². The highest BCUT2D eigenvalue weighted by Crippen LogP contribution is 2.28. The highest BCUT2D eigenvalue weighted by Gasteiger charge is 2.05. The smallest absolute Gasteiger partial charge is 0.161 e. The molecule has 1 N–H and O–H groups in total. The van der Waals surface area contributed by atoms with Crippen LogP contribution >= 0.6 is 11.6 Å². The minimum atomic E-state index is -0.368. The molecule has 0 aliphatic rings. The van der Waals surface area contributed by atoms with Gasteiger partial charge in [-0.3, -0.25) is 0 Å². The van der Waals surface area contributed by atoms with Crippen LogP contribution in [-0.4, -0.2) is 14.2 Å². The van der Waals surface area contributed by atoms with Gasteiger partial charge in [-0.1, -0.05) is 17.7 Å². The maximum Gasteiger partial charge on any atom is 0.161 e. The van der Waals surface area contributed by atoms with Crippen LogP contribution in [0.4, 0.5) is 10.1 Å². The fourth-order valence-electron chi connectivity index (χ4n) is 1.85. The normalized spacial score (nSPS) is 10.2. The molecule has 3 nitrogen and oxygen atoms in total. The molecule has 0 aliphatic carbocycles. The van der Waals surface area contributed by atoms with Gasteiger partial charge in [0, 0.05) is 17.3 Å². The molecule has 2 aromatic rings. The van der Waals surface area contributed by atoms with Crippen molar-refractivity contribution in [1.82, 2.24) is 0 Å². The number of rotatable bonds is 5. The van der Waals surface area contributed by atoms with Crippen LogP contribution < -0.4 is 14.8 Å². The van der Waals surface area contributed by atoms with Gasteiger partial charge < -0.3 is 14.8 Å². The van der Waals surface area contributed by atoms with Gasteiger partial charge in [0.15, 0.2) is 11.5 Å². The number of ether oxygens (including phenoxy) is 2. The van der Waals surface area contributed by atoms with E-state index < -0.39 is 0 Å². The number of methoxy groups -OCH3 is 2. The molecule has 0 saturated carbocycles. The van der Waals surface area contributed by atoms with E-state index in [2.05, 4.69) is 5.32 Å². The lowest BCUT2D eigenvalue weighted by Gasteiger charge is -2.11. The van der Waals surface area contributed by atoms with Crippen LogP contribution in [0.2, 0.25) is 5.02 Å². The summed E-state index contributed by atoms with van der Waals surface area (Å²) < 4.78 is 23.6. The van der Waals surface area contributed by atoms with Crippen molar-refractivity contribution >= 4 is 17.3 Å². The van der Waals surface area contributed by atoms with Crippen molar-refractivity contribution in [1.29, 1.82) is 0 Å². The van der Waals surface area contributed by atoms with E-state index in [1.807, 2.05) is 18.2 Å². The Morgan fingerprint density at radius 1 is 1.05 bits per heavy atom. The number of nitrogens with one attached hydrogen (secondary N) is 1. The Hall–Kier alpha value is -1.94. The molecule has 0 fully saturated rings. The van der Waals surface area contributed by atoms with Gasteiger partial charge in [0.25, 0.3) is 0 Å². The van der Waals surface area contributed by atoms with Gasteiger partial charge in [-0.05, 0) is 35.9 Å². The van der Waals surface area contributed by atoms with E-state index in [4.69, 9.17) is 21.1 Å². The second-order valence-electron chi connectivity index (χ2n) is 4.20. The first-order valence-electron chi connectivity index (χ1n) is 6.03. The molecule has 0 atom stereocenters. The topological polar surface area (TPSA) is 30.5 Å². The van der Waals surface area contributed by atoms with Crippen LogP contribution in [0.3, 0.4) is 0 Å². The van der Waals surface area contributed by atoms with Crippen LogP contribution in [-0.2, 0) is 6.54 Å². The summed E-state index contributed by atoms with van der Waals surface area (Å²) in [6.45, 7) is 0.528. The standard InChI is InChI=1S/C15H15ClFNO2/c1-19-14-4-3-10(5-15(14)20-2)9-18-13-7-11(16)6-12(17)8-13/h3-8,18H,9H2,1-2H3. The van der Waals surface area contributed by atoms with Crippen molar-refractivity contribution in [3.8, 4) is 11.5 Å². The molecule has 20 heavy (non-hydrogen) atoms. The Morgan fingerprint density at radius 3 is 2.45 bits per heavy atom. The summed E-state index contributed by atoms with van der Waals surface area (Å²) in [5.41, 5.74) is 1.62. The lowest BCUT2D eigenvalue weighted by Crippen LogP contribution is -2.01. The minimum Gasteiger partial charge on any atom is -0.493 e. The third kappa shape index (κ3) is 3.54. The number of anilines is 1. The molecule has 2 rings (SSSR count). The lowest BCUT2D eigenvalue weighted by atomic mass is 10.2. The SMILES string of the molecule is COc1ccc(CNc2cc(F)cc(Cl)c2)cc1OC. The van der Waals surface area contributed by atoms with Gasteiger partial charge in [0.2, 0.25) is 0 Å². The average Bonchev–Trinajstić information content (AvgIpc) is 2.43. The molecule has 0 bridgehead atoms. The summed E-state index contributed by atoms with van der Waals surface area (Å²) in [4.78, 5) is 0. The zero-order valence-electron chi connectivity index (χ0n) is 11.2. The van der Waals surface area contributed by atoms with E-state index in [-0.39, 0.29) is 5.82 Å². The van der Waals surface area contributed by atoms with Gasteiger partial charge in [0.1, 0.15) is 5.82 Å². The van der Waals surface area contributed by atoms with Crippen molar-refractivity contribution in [2.45, 2.75) is 6.54 Å². The fourth-order valence-corrected chi connectivity index (χ4v) is 2.07. The number of hydrogen-bond donors (Lipinski definition) is 1. The summed E-state index contributed by atoms with van der Waals surface area (Å²) in [6, 6.07) is 9.94. The average molecular weight is 296 g/mol. The minimum absolute atomic E-state index is 0.361. The monoisotopic (exact) mass is 295 g/mol. The predicted molar refractivity (Wildman–Crippen MR) is 78.3 cm³/mol. The third-order valence-corrected chi connectivity index (χ3v) is 3.03. The summed E-state index contributed by atoms with van der Waals surface area (Å²) in [7, 11) is 3.17. The molecule has 0 amide bonds. The molecule has 0 aliphatic heterocycles. The van der Waals surface area contributed by atoms with E-state index in [9.17, 15) is 4.39 Å². The first-order chi connectivity index (χ1) is 9.62. The summed E-state index contributed by atoms with van der Waals surface area (Å²) in [5, 5.41) is 3.47. The first-order valence-corrected chi connectivity index (χ1v) is 6.41. The van der Waals surface area contributed by atoms with Gasteiger partial charge in [-0.25, -0.2) is 4.39 Å². The molecule has 106 valence electrons. The van der Waals surface area contributed by atoms with E-state index in [0.29, 0.717) is 28.8 Å². The number of hydrogen-bond acceptors (Lipinski definition) is 3. The molecular weight excluding hydrogens is 281 g/mol. The van der Waals surface area contributed by atoms with Gasteiger partial charge in [-0.15, -0.1) is 0 Å². The van der Waals surface area contributed by atoms with E-state index in [1.54, 1.807) is 20.3 Å². The molecule has 5 heteroatoms. The number of halogens is 2. The van der Waals surface area contributed by atoms with Crippen molar-refractivity contribution < 1.29 is 13.9 Å². The summed E-state index contributed by atoms with van der Waals surface area (Å²) >= 11 is 5.80. The quantitative estimate of drug-likeness (QED) is 0.900. The second kappa shape index (κ2) is 6.48. The van der Waals surface area contributed by atoms with Gasteiger partial charge >= 0.3 is 0 Å². The third-order valence-electron chi connectivity index (χ3n) is 2.81. The van der Waals surface area contributed by atoms with Crippen molar-refractivity contribution in [2.75, 3.05) is 19.5 Å². The Labute approximate surface area is 122 Å². The number of benzene rings is 2. The van der Waals surface area contributed by atoms with Crippen LogP contribution in [0, 0.1) is 5.82 Å². The van der Waals surface area contributed by atoms with Crippen molar-refractivity contribution in [3.05, 3.63) is 52.8 Å². The summed E-state index contributed by atoms with van der Waals surface area (Å²) in [5.74, 6) is 0.960. The highest BCUT2D eigenvalue weighted by molar-refractivity contribution is 6.30. The Morgan fingerprint density at radius 2 is 1.80 bits per heavy atom. The lowest BCUT2D eigenvalue weighted by molar-refractivity contribution is 0.354. The van der Waals surface area contributed by atoms with Crippen LogP contribution in [0.25, 0.3) is 0 Å². The molecular formula is C15H15ClFNO2. The molecule has 2 aromatic carbocycles. The van der Waals surface area contributed by atoms with E-state index in [0.717, 1.165) is 5.56 Å². The molecule has 0 aromatic heterocycles. The fraction of sp³-hybridized carbons (Fsp3) is 0.200. The highest BCUT2D eigenvalue weighted by atomic mass is 35.5. The largest absolute Gasteiger partial charge is 0.493 e. The first kappa shape index (κ1) is 14.5. The van der Waals surface area contributed by atoms with Crippen LogP contribution in [0.15, 0.2) is 36.4 Å². The van der Waals surface area contributed by atoms with Crippen LogP contribution in [0.1, 0.15) is 5.56 Å². The zero-order valence-corrected chi connectivity index (χ0v) is 12.0. The molecule has 0 unspecified atom stereocenters. The Kier molecular flexibility index (Phi) is 4.69. The van der Waals surface area contributed by atoms with E-state index in [1.165, 1.54) is 12.1 Å². The molecule has 0 spiro atoms. The predicted octanol–water partition coefficient (Wildman–Crippen LogP) is 4.11. The Bertz CT molecular complexity index is 584. The molecule has 0 heterocycles. The zero-order chi connectivity index (χ0) is 14.5. The van der Waals surface area contributed by atoms with Crippen LogP contribution in [0.5, 0.6) is 11.5 Å². The Balaban J connectivity index is 2.10. The second-order valence-corrected chi connectivity index (χ2v) is 4.64.